The molecular formula is C81H157NO5. The number of allylic oxidation sites excluding steroid dienone is 3. The average molecular weight is 1230 g/mol. The summed E-state index contributed by atoms with van der Waals surface area (Å²) in [6, 6.07) is -0.628. The Hall–Kier alpha value is -1.66. The fraction of sp³-hybridized carbons (Fsp3) is 0.926. The average Bonchev–Trinajstić information content (AvgIpc) is 3.54. The van der Waals surface area contributed by atoms with Gasteiger partial charge in [-0.25, -0.2) is 0 Å². The van der Waals surface area contributed by atoms with E-state index >= 15 is 0 Å². The van der Waals surface area contributed by atoms with Crippen LogP contribution in [-0.2, 0) is 14.3 Å². The number of unbranched alkanes of at least 4 members (excludes halogenated alkanes) is 63. The first-order valence-corrected chi connectivity index (χ1v) is 40.1. The van der Waals surface area contributed by atoms with Crippen molar-refractivity contribution in [2.45, 2.75) is 469 Å². The van der Waals surface area contributed by atoms with Crippen LogP contribution in [0.4, 0.5) is 0 Å². The molecular weight excluding hydrogens is 1070 g/mol. The number of aliphatic hydroxyl groups excluding tert-OH is 2. The number of ether oxygens (including phenoxy) is 1. The summed E-state index contributed by atoms with van der Waals surface area (Å²) in [7, 11) is 0. The van der Waals surface area contributed by atoms with E-state index < -0.39 is 12.1 Å². The minimum atomic E-state index is -0.844. The van der Waals surface area contributed by atoms with Crippen molar-refractivity contribution in [3.05, 3.63) is 24.3 Å². The van der Waals surface area contributed by atoms with Crippen molar-refractivity contribution >= 4 is 11.9 Å². The zero-order valence-electron chi connectivity index (χ0n) is 59.3. The Kier molecular flexibility index (Phi) is 75.3. The van der Waals surface area contributed by atoms with Gasteiger partial charge in [-0.15, -0.1) is 0 Å². The maximum atomic E-state index is 12.5. The van der Waals surface area contributed by atoms with Crippen LogP contribution in [0.2, 0.25) is 0 Å². The van der Waals surface area contributed by atoms with Crippen LogP contribution in [0.25, 0.3) is 0 Å². The first-order chi connectivity index (χ1) is 43.0. The van der Waals surface area contributed by atoms with E-state index in [2.05, 4.69) is 31.3 Å². The Morgan fingerprint density at radius 1 is 0.310 bits per heavy atom. The lowest BCUT2D eigenvalue weighted by molar-refractivity contribution is -0.143. The Bertz CT molecular complexity index is 1360. The summed E-state index contributed by atoms with van der Waals surface area (Å²) in [5, 5.41) is 23.3. The van der Waals surface area contributed by atoms with Crippen LogP contribution < -0.4 is 5.32 Å². The fourth-order valence-electron chi connectivity index (χ4n) is 12.9. The molecule has 0 aromatic rings. The third-order valence-electron chi connectivity index (χ3n) is 19.0. The number of aliphatic hydroxyl groups is 2. The molecule has 6 heteroatoms. The number of hydrogen-bond acceptors (Lipinski definition) is 5. The van der Waals surface area contributed by atoms with Gasteiger partial charge in [-0.2, -0.15) is 0 Å². The zero-order valence-corrected chi connectivity index (χ0v) is 59.3. The maximum Gasteiger partial charge on any atom is 0.305 e. The molecule has 0 saturated heterocycles. The Morgan fingerprint density at radius 3 is 0.816 bits per heavy atom. The number of amides is 1. The van der Waals surface area contributed by atoms with E-state index in [1.54, 1.807) is 6.08 Å². The van der Waals surface area contributed by atoms with Crippen molar-refractivity contribution in [3.8, 4) is 0 Å². The molecule has 516 valence electrons. The second kappa shape index (κ2) is 76.8. The lowest BCUT2D eigenvalue weighted by Gasteiger charge is -2.20. The van der Waals surface area contributed by atoms with E-state index in [1.807, 2.05) is 6.08 Å². The summed E-state index contributed by atoms with van der Waals surface area (Å²) in [4.78, 5) is 24.7. The molecule has 0 rings (SSSR count). The third-order valence-corrected chi connectivity index (χ3v) is 19.0. The number of carbonyl (C=O) groups excluding carboxylic acids is 2. The zero-order chi connectivity index (χ0) is 62.8. The molecule has 1 amide bonds. The standard InChI is InChI=1S/C81H157NO5/c1-3-5-7-9-11-13-15-17-19-21-23-34-38-41-45-49-53-57-61-65-69-73-79(84)78(77-83)82-80(85)74-70-66-62-58-54-50-46-42-39-35-32-30-28-26-24-25-27-29-31-33-36-40-44-48-52-56-60-64-68-72-76-87-81(86)75-71-67-63-59-55-51-47-43-37-22-20-18-16-14-12-10-8-6-4-2/h25,27,69,73,78-79,83-84H,3-24,26,28-68,70-72,74-77H2,1-2H3,(H,82,85)/b27-25-,73-69+. The fourth-order valence-corrected chi connectivity index (χ4v) is 12.9. The summed E-state index contributed by atoms with van der Waals surface area (Å²) in [6.07, 6.45) is 98.7. The number of nitrogens with one attached hydrogen (secondary N) is 1. The van der Waals surface area contributed by atoms with Gasteiger partial charge in [0.25, 0.3) is 0 Å². The van der Waals surface area contributed by atoms with E-state index in [9.17, 15) is 19.8 Å². The Balaban J connectivity index is 3.37. The van der Waals surface area contributed by atoms with Gasteiger partial charge in [0.05, 0.1) is 25.4 Å². The molecule has 0 spiro atoms. The van der Waals surface area contributed by atoms with Gasteiger partial charge in [0.1, 0.15) is 0 Å². The van der Waals surface area contributed by atoms with Crippen LogP contribution in [0.15, 0.2) is 24.3 Å². The van der Waals surface area contributed by atoms with Crippen LogP contribution >= 0.6 is 0 Å². The van der Waals surface area contributed by atoms with Gasteiger partial charge in [-0.3, -0.25) is 9.59 Å². The number of carbonyl (C=O) groups is 2. The molecule has 0 radical (unpaired) electrons. The normalized spacial score (nSPS) is 12.6. The van der Waals surface area contributed by atoms with E-state index in [-0.39, 0.29) is 18.5 Å². The SMILES string of the molecule is CCCCCCCCCCCCCCCCCCCCC/C=C/C(O)C(CO)NC(=O)CCCCCCCCCCCCCCCC/C=C\CCCCCCCCCCCCCCOC(=O)CCCCCCCCCCCCCCCCCCCCC. The van der Waals surface area contributed by atoms with Crippen molar-refractivity contribution in [2.75, 3.05) is 13.2 Å². The van der Waals surface area contributed by atoms with E-state index in [1.165, 1.54) is 392 Å². The predicted octanol–water partition coefficient (Wildman–Crippen LogP) is 26.4. The molecule has 0 aliphatic carbocycles. The highest BCUT2D eigenvalue weighted by atomic mass is 16.5. The quantitative estimate of drug-likeness (QED) is 0.0320. The molecule has 6 nitrogen and oxygen atoms in total. The molecule has 2 atom stereocenters. The van der Waals surface area contributed by atoms with Gasteiger partial charge in [0.15, 0.2) is 0 Å². The first kappa shape index (κ1) is 85.3. The molecule has 0 aromatic carbocycles. The molecule has 3 N–H and O–H groups in total. The van der Waals surface area contributed by atoms with E-state index in [4.69, 9.17) is 4.74 Å². The Morgan fingerprint density at radius 2 is 0.540 bits per heavy atom. The summed E-state index contributed by atoms with van der Waals surface area (Å²) in [6.45, 7) is 4.96. The van der Waals surface area contributed by atoms with Crippen molar-refractivity contribution in [1.29, 1.82) is 0 Å². The lowest BCUT2D eigenvalue weighted by atomic mass is 10.0. The molecule has 0 saturated carbocycles. The summed E-state index contributed by atoms with van der Waals surface area (Å²) < 4.78 is 5.52. The first-order valence-electron chi connectivity index (χ1n) is 40.1. The number of rotatable bonds is 76. The molecule has 0 aromatic heterocycles. The van der Waals surface area contributed by atoms with Crippen LogP contribution in [0, 0.1) is 0 Å². The highest BCUT2D eigenvalue weighted by Crippen LogP contribution is 2.20. The smallest absolute Gasteiger partial charge is 0.305 e. The van der Waals surface area contributed by atoms with E-state index in [0.29, 0.717) is 19.4 Å². The van der Waals surface area contributed by atoms with Gasteiger partial charge in [-0.05, 0) is 57.8 Å². The number of hydrogen-bond donors (Lipinski definition) is 3. The van der Waals surface area contributed by atoms with Crippen LogP contribution in [-0.4, -0.2) is 47.4 Å². The van der Waals surface area contributed by atoms with Crippen LogP contribution in [0.1, 0.15) is 457 Å². The van der Waals surface area contributed by atoms with Crippen molar-refractivity contribution < 1.29 is 24.5 Å². The summed E-state index contributed by atoms with van der Waals surface area (Å²) in [5.74, 6) is -0.0389. The monoisotopic (exact) mass is 1220 g/mol. The molecule has 0 aliphatic rings. The molecule has 0 bridgehead atoms. The second-order valence-corrected chi connectivity index (χ2v) is 27.8. The number of esters is 1. The van der Waals surface area contributed by atoms with Gasteiger partial charge in [0, 0.05) is 12.8 Å². The third kappa shape index (κ3) is 73.3. The highest BCUT2D eigenvalue weighted by molar-refractivity contribution is 5.76. The maximum absolute atomic E-state index is 12.5. The minimum Gasteiger partial charge on any atom is -0.466 e. The highest BCUT2D eigenvalue weighted by Gasteiger charge is 2.18. The van der Waals surface area contributed by atoms with Crippen LogP contribution in [0.3, 0.4) is 0 Å². The van der Waals surface area contributed by atoms with Crippen molar-refractivity contribution in [3.63, 3.8) is 0 Å². The van der Waals surface area contributed by atoms with Crippen molar-refractivity contribution in [1.82, 2.24) is 5.32 Å². The Labute approximate surface area is 545 Å². The van der Waals surface area contributed by atoms with Gasteiger partial charge >= 0.3 is 5.97 Å². The lowest BCUT2D eigenvalue weighted by Crippen LogP contribution is -2.45. The van der Waals surface area contributed by atoms with Gasteiger partial charge in [0.2, 0.25) is 5.91 Å². The van der Waals surface area contributed by atoms with Gasteiger partial charge in [-0.1, -0.05) is 411 Å². The molecule has 87 heavy (non-hydrogen) atoms. The summed E-state index contributed by atoms with van der Waals surface area (Å²) in [5.41, 5.74) is 0. The van der Waals surface area contributed by atoms with Crippen molar-refractivity contribution in [2.24, 2.45) is 0 Å². The molecule has 2 unspecified atom stereocenters. The predicted molar refractivity (Wildman–Crippen MR) is 384 cm³/mol. The molecule has 0 aliphatic heterocycles. The van der Waals surface area contributed by atoms with Crippen LogP contribution in [0.5, 0.6) is 0 Å². The van der Waals surface area contributed by atoms with E-state index in [0.717, 1.165) is 38.5 Å². The van der Waals surface area contributed by atoms with Gasteiger partial charge < -0.3 is 20.3 Å². The minimum absolute atomic E-state index is 0.0227. The largest absolute Gasteiger partial charge is 0.466 e. The topological polar surface area (TPSA) is 95.9 Å². The molecule has 0 heterocycles. The molecule has 0 fully saturated rings. The summed E-state index contributed by atoms with van der Waals surface area (Å²) >= 11 is 0. The second-order valence-electron chi connectivity index (χ2n) is 27.8.